The molecule has 124 valence electrons. The number of hydrogen-bond acceptors (Lipinski definition) is 8. The summed E-state index contributed by atoms with van der Waals surface area (Å²) >= 11 is 1.53. The van der Waals surface area contributed by atoms with E-state index >= 15 is 0 Å². The van der Waals surface area contributed by atoms with Crippen LogP contribution >= 0.6 is 19.1 Å². The molecule has 22 heavy (non-hydrogen) atoms. The fourth-order valence-electron chi connectivity index (χ4n) is 1.95. The van der Waals surface area contributed by atoms with Gasteiger partial charge in [-0.15, -0.1) is 11.8 Å². The number of rotatable bonds is 7. The van der Waals surface area contributed by atoms with Gasteiger partial charge in [-0.25, -0.2) is 4.79 Å². The van der Waals surface area contributed by atoms with Gasteiger partial charge >= 0.3 is 5.69 Å². The number of hydrogen-bond donors (Lipinski definition) is 1. The van der Waals surface area contributed by atoms with Gasteiger partial charge in [0.1, 0.15) is 23.8 Å². The fourth-order valence-corrected chi connectivity index (χ4v) is 4.02. The largest absolute Gasteiger partial charge is 0.383 e. The summed E-state index contributed by atoms with van der Waals surface area (Å²) < 4.78 is 29.6. The van der Waals surface area contributed by atoms with Crippen LogP contribution in [-0.2, 0) is 18.6 Å². The van der Waals surface area contributed by atoms with Crippen LogP contribution in [0, 0.1) is 0 Å². The second-order valence-electron chi connectivity index (χ2n) is 4.83. The van der Waals surface area contributed by atoms with Crippen molar-refractivity contribution >= 4 is 24.9 Å². The first-order valence-corrected chi connectivity index (χ1v) is 10.1. The van der Waals surface area contributed by atoms with Crippen molar-refractivity contribution in [3.8, 4) is 0 Å². The number of anilines is 1. The highest BCUT2D eigenvalue weighted by atomic mass is 32.2. The summed E-state index contributed by atoms with van der Waals surface area (Å²) in [4.78, 5) is 15.4. The Bertz CT molecular complexity index is 611. The minimum absolute atomic E-state index is 0.0509. The molecule has 1 fully saturated rings. The Morgan fingerprint density at radius 3 is 3.09 bits per heavy atom. The summed E-state index contributed by atoms with van der Waals surface area (Å²) in [5.41, 5.74) is 4.79. The molecule has 0 saturated carbocycles. The van der Waals surface area contributed by atoms with Gasteiger partial charge in [-0.2, -0.15) is 4.98 Å². The van der Waals surface area contributed by atoms with Gasteiger partial charge in [-0.3, -0.25) is 9.13 Å². The van der Waals surface area contributed by atoms with Gasteiger partial charge in [0.05, 0.1) is 13.2 Å². The highest BCUT2D eigenvalue weighted by molar-refractivity contribution is 8.00. The average Bonchev–Trinajstić information content (AvgIpc) is 2.87. The van der Waals surface area contributed by atoms with Crippen molar-refractivity contribution in [2.24, 2.45) is 0 Å². The summed E-state index contributed by atoms with van der Waals surface area (Å²) in [6, 6.07) is 1.55. The average molecular weight is 349 g/mol. The Morgan fingerprint density at radius 1 is 1.64 bits per heavy atom. The zero-order valence-corrected chi connectivity index (χ0v) is 14.2. The number of nitrogens with two attached hydrogens (primary N) is 1. The van der Waals surface area contributed by atoms with E-state index in [0.717, 1.165) is 0 Å². The number of thioether (sulfide) groups is 1. The van der Waals surface area contributed by atoms with Crippen LogP contribution < -0.4 is 11.4 Å². The molecule has 0 spiro atoms. The summed E-state index contributed by atoms with van der Waals surface area (Å²) in [5.74, 6) is 0.788. The van der Waals surface area contributed by atoms with Crippen LogP contribution in [0.25, 0.3) is 0 Å². The van der Waals surface area contributed by atoms with E-state index in [2.05, 4.69) is 4.98 Å². The minimum Gasteiger partial charge on any atom is -0.383 e. The lowest BCUT2D eigenvalue weighted by Gasteiger charge is -2.16. The predicted molar refractivity (Wildman–Crippen MR) is 85.3 cm³/mol. The lowest BCUT2D eigenvalue weighted by Crippen LogP contribution is -2.28. The SMILES string of the molecule is CCOP(C)(=O)COCC1OC(n2ccc(N)nc2=O)CS1. The summed E-state index contributed by atoms with van der Waals surface area (Å²) in [7, 11) is -2.70. The Kier molecular flexibility index (Phi) is 6.05. The molecule has 10 heteroatoms. The molecule has 1 aromatic rings. The van der Waals surface area contributed by atoms with E-state index in [-0.39, 0.29) is 24.2 Å². The maximum atomic E-state index is 11.9. The predicted octanol–water partition coefficient (Wildman–Crippen LogP) is 1.33. The molecule has 0 aliphatic carbocycles. The van der Waals surface area contributed by atoms with Gasteiger partial charge < -0.3 is 19.7 Å². The van der Waals surface area contributed by atoms with Crippen LogP contribution in [0.2, 0.25) is 0 Å². The zero-order valence-electron chi connectivity index (χ0n) is 12.5. The molecule has 2 heterocycles. The van der Waals surface area contributed by atoms with Gasteiger partial charge in [-0.1, -0.05) is 0 Å². The lowest BCUT2D eigenvalue weighted by atomic mass is 10.5. The first-order chi connectivity index (χ1) is 10.4. The number of nitrogens with zero attached hydrogens (tertiary/aromatic N) is 2. The molecule has 0 radical (unpaired) electrons. The molecular formula is C12H20N3O5PS. The van der Waals surface area contributed by atoms with E-state index in [9.17, 15) is 9.36 Å². The van der Waals surface area contributed by atoms with Gasteiger partial charge in [0.2, 0.25) is 7.37 Å². The zero-order chi connectivity index (χ0) is 16.2. The van der Waals surface area contributed by atoms with Crippen LogP contribution in [0.5, 0.6) is 0 Å². The second kappa shape index (κ2) is 7.61. The van der Waals surface area contributed by atoms with Gasteiger partial charge in [-0.05, 0) is 13.0 Å². The topological polar surface area (TPSA) is 106 Å². The molecular weight excluding hydrogens is 329 g/mol. The van der Waals surface area contributed by atoms with E-state index in [0.29, 0.717) is 12.4 Å². The van der Waals surface area contributed by atoms with Gasteiger partial charge in [0.15, 0.2) is 0 Å². The summed E-state index contributed by atoms with van der Waals surface area (Å²) in [6.07, 6.45) is 1.21. The maximum Gasteiger partial charge on any atom is 0.351 e. The van der Waals surface area contributed by atoms with E-state index in [1.807, 2.05) is 0 Å². The quantitative estimate of drug-likeness (QED) is 0.735. The summed E-state index contributed by atoms with van der Waals surface area (Å²) in [6.45, 7) is 4.00. The lowest BCUT2D eigenvalue weighted by molar-refractivity contribution is -0.0189. The van der Waals surface area contributed by atoms with Crippen molar-refractivity contribution in [1.29, 1.82) is 0 Å². The normalized spacial score (nSPS) is 24.3. The molecule has 1 aliphatic heterocycles. The molecule has 1 aromatic heterocycles. The molecule has 1 saturated heterocycles. The number of nitrogen functional groups attached to an aromatic ring is 1. The van der Waals surface area contributed by atoms with Gasteiger partial charge in [0, 0.05) is 18.6 Å². The van der Waals surface area contributed by atoms with Crippen molar-refractivity contribution in [3.63, 3.8) is 0 Å². The molecule has 8 nitrogen and oxygen atoms in total. The summed E-state index contributed by atoms with van der Waals surface area (Å²) in [5, 5.41) is 0. The van der Waals surface area contributed by atoms with Crippen molar-refractivity contribution in [2.75, 3.05) is 37.7 Å². The van der Waals surface area contributed by atoms with Crippen molar-refractivity contribution in [3.05, 3.63) is 22.7 Å². The molecule has 2 N–H and O–H groups in total. The highest BCUT2D eigenvalue weighted by Crippen LogP contribution is 2.42. The number of aromatic nitrogens is 2. The van der Waals surface area contributed by atoms with E-state index in [4.69, 9.17) is 19.7 Å². The molecule has 0 amide bonds. The van der Waals surface area contributed by atoms with Crippen molar-refractivity contribution < 1.29 is 18.6 Å². The van der Waals surface area contributed by atoms with Crippen LogP contribution in [0.3, 0.4) is 0 Å². The monoisotopic (exact) mass is 349 g/mol. The Hall–Kier alpha value is -0.860. The molecule has 3 unspecified atom stereocenters. The fraction of sp³-hybridized carbons (Fsp3) is 0.667. The van der Waals surface area contributed by atoms with E-state index in [1.165, 1.54) is 16.3 Å². The van der Waals surface area contributed by atoms with Crippen LogP contribution in [0.15, 0.2) is 17.1 Å². The molecule has 3 atom stereocenters. The van der Waals surface area contributed by atoms with Crippen LogP contribution in [-0.4, -0.2) is 47.0 Å². The highest BCUT2D eigenvalue weighted by Gasteiger charge is 2.28. The first kappa shape index (κ1) is 17.5. The van der Waals surface area contributed by atoms with Crippen molar-refractivity contribution in [1.82, 2.24) is 9.55 Å². The third-order valence-corrected chi connectivity index (χ3v) is 5.43. The molecule has 2 rings (SSSR count). The third-order valence-electron chi connectivity index (χ3n) is 2.88. The van der Waals surface area contributed by atoms with Gasteiger partial charge in [0.25, 0.3) is 0 Å². The smallest absolute Gasteiger partial charge is 0.351 e. The minimum atomic E-state index is -2.70. The third kappa shape index (κ3) is 4.82. The Morgan fingerprint density at radius 2 is 2.41 bits per heavy atom. The van der Waals surface area contributed by atoms with Crippen molar-refractivity contribution in [2.45, 2.75) is 18.6 Å². The number of ether oxygens (including phenoxy) is 2. The first-order valence-electron chi connectivity index (χ1n) is 6.82. The molecule has 1 aliphatic rings. The Balaban J connectivity index is 1.83. The maximum absolute atomic E-state index is 11.9. The van der Waals surface area contributed by atoms with E-state index in [1.54, 1.807) is 25.9 Å². The van der Waals surface area contributed by atoms with E-state index < -0.39 is 19.3 Å². The Labute approximate surface area is 132 Å². The van der Waals surface area contributed by atoms with Crippen LogP contribution in [0.4, 0.5) is 5.82 Å². The molecule has 0 bridgehead atoms. The second-order valence-corrected chi connectivity index (χ2v) is 8.56. The molecule has 0 aromatic carbocycles. The standard InChI is InChI=1S/C12H20N3O5PS/c1-3-19-21(2,17)8-18-6-11-20-10(7-22-11)15-5-4-9(13)14-12(15)16/h4-5,10-11H,3,6-8H2,1-2H3,(H2,13,14,16). The van der Waals surface area contributed by atoms with Crippen LogP contribution in [0.1, 0.15) is 13.2 Å².